The number of carboxylic acid groups (broad SMARTS) is 1. The molecule has 1 aromatic carbocycles. The minimum atomic E-state index is -0.968. The van der Waals surface area contributed by atoms with Crippen LogP contribution in [-0.4, -0.2) is 45.7 Å². The lowest BCUT2D eigenvalue weighted by Crippen LogP contribution is -2.51. The van der Waals surface area contributed by atoms with Crippen molar-refractivity contribution in [2.45, 2.75) is 90.3 Å². The molecule has 7 nitrogen and oxygen atoms in total. The first-order chi connectivity index (χ1) is 18.0. The SMILES string of the molecule is CCCC(c1ccc(C(=O)NCCC(=O)O)cc1)N1C(=O)C(C2=CCC(F)=CC2)=NC12CCC(C)(C)CC2. The van der Waals surface area contributed by atoms with E-state index in [1.165, 1.54) is 6.08 Å². The molecule has 1 saturated carbocycles. The van der Waals surface area contributed by atoms with Crippen LogP contribution in [-0.2, 0) is 9.59 Å². The fourth-order valence-electron chi connectivity index (χ4n) is 5.69. The van der Waals surface area contributed by atoms with Crippen molar-refractivity contribution >= 4 is 23.5 Å². The van der Waals surface area contributed by atoms with E-state index in [1.54, 1.807) is 18.2 Å². The van der Waals surface area contributed by atoms with Crippen LogP contribution in [0.4, 0.5) is 4.39 Å². The zero-order chi connectivity index (χ0) is 27.5. The van der Waals surface area contributed by atoms with Crippen molar-refractivity contribution in [1.29, 1.82) is 0 Å². The summed E-state index contributed by atoms with van der Waals surface area (Å²) >= 11 is 0. The average molecular weight is 524 g/mol. The molecule has 2 aliphatic carbocycles. The second-order valence-corrected chi connectivity index (χ2v) is 11.4. The zero-order valence-electron chi connectivity index (χ0n) is 22.6. The standard InChI is InChI=1S/C30H38FN3O4/c1-4-5-24(20-6-8-22(9-7-20)27(37)32-19-14-25(35)36)34-28(38)26(21-10-12-23(31)13-11-21)33-30(34)17-15-29(2,3)16-18-30/h6-10,13,24H,4-5,11-12,14-19H2,1-3H3,(H,32,37)(H,35,36). The van der Waals surface area contributed by atoms with Gasteiger partial charge in [-0.2, -0.15) is 0 Å². The van der Waals surface area contributed by atoms with Crippen LogP contribution in [0, 0.1) is 5.41 Å². The Bertz CT molecular complexity index is 1170. The normalized spacial score (nSPS) is 21.0. The van der Waals surface area contributed by atoms with Gasteiger partial charge >= 0.3 is 5.97 Å². The molecule has 2 amide bonds. The molecule has 8 heteroatoms. The average Bonchev–Trinajstić information content (AvgIpc) is 3.16. The van der Waals surface area contributed by atoms with Gasteiger partial charge in [-0.05, 0) is 73.3 Å². The second-order valence-electron chi connectivity index (χ2n) is 11.4. The largest absolute Gasteiger partial charge is 0.481 e. The number of rotatable bonds is 9. The van der Waals surface area contributed by atoms with E-state index in [0.29, 0.717) is 17.7 Å². The van der Waals surface area contributed by atoms with Crippen molar-refractivity contribution in [2.24, 2.45) is 10.4 Å². The number of allylic oxidation sites excluding steroid dienone is 3. The van der Waals surface area contributed by atoms with Gasteiger partial charge in [0, 0.05) is 18.5 Å². The number of benzene rings is 1. The van der Waals surface area contributed by atoms with Gasteiger partial charge in [-0.3, -0.25) is 19.4 Å². The van der Waals surface area contributed by atoms with Crippen LogP contribution in [0.25, 0.3) is 0 Å². The van der Waals surface area contributed by atoms with Crippen molar-refractivity contribution in [1.82, 2.24) is 10.2 Å². The molecule has 0 radical (unpaired) electrons. The van der Waals surface area contributed by atoms with E-state index in [-0.39, 0.29) is 48.5 Å². The number of carboxylic acids is 1. The van der Waals surface area contributed by atoms with E-state index < -0.39 is 11.6 Å². The molecule has 4 rings (SSSR count). The van der Waals surface area contributed by atoms with Gasteiger partial charge in [0.05, 0.1) is 12.5 Å². The number of aliphatic carboxylic acids is 1. The highest BCUT2D eigenvalue weighted by molar-refractivity contribution is 6.46. The summed E-state index contributed by atoms with van der Waals surface area (Å²) < 4.78 is 13.7. The van der Waals surface area contributed by atoms with E-state index in [4.69, 9.17) is 10.1 Å². The van der Waals surface area contributed by atoms with Gasteiger partial charge in [0.15, 0.2) is 0 Å². The van der Waals surface area contributed by atoms with Crippen LogP contribution >= 0.6 is 0 Å². The number of hydrogen-bond donors (Lipinski definition) is 2. The Hall–Kier alpha value is -3.29. The predicted octanol–water partition coefficient (Wildman–Crippen LogP) is 5.89. The number of nitrogens with zero attached hydrogens (tertiary/aromatic N) is 2. The van der Waals surface area contributed by atoms with Gasteiger partial charge in [-0.25, -0.2) is 4.39 Å². The molecule has 2 N–H and O–H groups in total. The Balaban J connectivity index is 1.64. The van der Waals surface area contributed by atoms with Crippen LogP contribution < -0.4 is 5.32 Å². The highest BCUT2D eigenvalue weighted by atomic mass is 19.1. The molecule has 3 aliphatic rings. The third-order valence-electron chi connectivity index (χ3n) is 8.04. The Morgan fingerprint density at radius 3 is 2.37 bits per heavy atom. The van der Waals surface area contributed by atoms with E-state index in [9.17, 15) is 18.8 Å². The van der Waals surface area contributed by atoms with Crippen molar-refractivity contribution in [3.63, 3.8) is 0 Å². The molecular formula is C30H38FN3O4. The fourth-order valence-corrected chi connectivity index (χ4v) is 5.69. The lowest BCUT2D eigenvalue weighted by atomic mass is 9.72. The van der Waals surface area contributed by atoms with Crippen LogP contribution in [0.5, 0.6) is 0 Å². The third-order valence-corrected chi connectivity index (χ3v) is 8.04. The minimum Gasteiger partial charge on any atom is -0.481 e. The Labute approximate surface area is 223 Å². The number of carbonyl (C=O) groups excluding carboxylic acids is 2. The number of halogens is 1. The summed E-state index contributed by atoms with van der Waals surface area (Å²) in [5.74, 6) is -1.57. The van der Waals surface area contributed by atoms with Gasteiger partial charge < -0.3 is 15.3 Å². The second kappa shape index (κ2) is 11.2. The van der Waals surface area contributed by atoms with Gasteiger partial charge in [0.25, 0.3) is 11.8 Å². The highest BCUT2D eigenvalue weighted by Gasteiger charge is 2.53. The molecule has 0 aromatic heterocycles. The smallest absolute Gasteiger partial charge is 0.305 e. The van der Waals surface area contributed by atoms with Gasteiger partial charge in [-0.15, -0.1) is 0 Å². The molecule has 1 aliphatic heterocycles. The molecule has 1 spiro atoms. The summed E-state index contributed by atoms with van der Waals surface area (Å²) in [5, 5.41) is 11.4. The first kappa shape index (κ1) is 27.7. The lowest BCUT2D eigenvalue weighted by Gasteiger charge is -2.47. The maximum atomic E-state index is 14.1. The van der Waals surface area contributed by atoms with Crippen LogP contribution in [0.1, 0.15) is 101 Å². The summed E-state index contributed by atoms with van der Waals surface area (Å²) in [6.45, 7) is 6.66. The van der Waals surface area contributed by atoms with Crippen molar-refractivity contribution in [2.75, 3.05) is 6.54 Å². The van der Waals surface area contributed by atoms with Crippen LogP contribution in [0.3, 0.4) is 0 Å². The molecule has 0 saturated heterocycles. The maximum Gasteiger partial charge on any atom is 0.305 e. The van der Waals surface area contributed by atoms with Crippen molar-refractivity contribution < 1.29 is 23.9 Å². The van der Waals surface area contributed by atoms with E-state index in [0.717, 1.165) is 49.7 Å². The third kappa shape index (κ3) is 5.89. The summed E-state index contributed by atoms with van der Waals surface area (Å²) in [5.41, 5.74) is 2.19. The first-order valence-corrected chi connectivity index (χ1v) is 13.6. The Morgan fingerprint density at radius 2 is 1.79 bits per heavy atom. The Kier molecular flexibility index (Phi) is 8.19. The first-order valence-electron chi connectivity index (χ1n) is 13.6. The lowest BCUT2D eigenvalue weighted by molar-refractivity contribution is -0.137. The van der Waals surface area contributed by atoms with E-state index in [1.807, 2.05) is 17.0 Å². The van der Waals surface area contributed by atoms with Gasteiger partial charge in [-0.1, -0.05) is 45.4 Å². The quantitative estimate of drug-likeness (QED) is 0.422. The monoisotopic (exact) mass is 523 g/mol. The summed E-state index contributed by atoms with van der Waals surface area (Å²) in [6, 6.07) is 7.01. The van der Waals surface area contributed by atoms with E-state index in [2.05, 4.69) is 26.1 Å². The van der Waals surface area contributed by atoms with Crippen LogP contribution in [0.2, 0.25) is 0 Å². The van der Waals surface area contributed by atoms with Crippen LogP contribution in [0.15, 0.2) is 52.8 Å². The molecular weight excluding hydrogens is 485 g/mol. The summed E-state index contributed by atoms with van der Waals surface area (Å²) in [7, 11) is 0. The molecule has 1 unspecified atom stereocenters. The summed E-state index contributed by atoms with van der Waals surface area (Å²) in [4.78, 5) is 44.4. The molecule has 0 bridgehead atoms. The highest BCUT2D eigenvalue weighted by Crippen LogP contribution is 2.50. The number of carbonyl (C=O) groups is 3. The maximum absolute atomic E-state index is 14.1. The van der Waals surface area contributed by atoms with Crippen molar-refractivity contribution in [3.05, 3.63) is 58.9 Å². The van der Waals surface area contributed by atoms with E-state index >= 15 is 0 Å². The molecule has 38 heavy (non-hydrogen) atoms. The number of amides is 2. The molecule has 1 fully saturated rings. The zero-order valence-corrected chi connectivity index (χ0v) is 22.6. The molecule has 1 aromatic rings. The van der Waals surface area contributed by atoms with Gasteiger partial charge in [0.1, 0.15) is 17.2 Å². The topological polar surface area (TPSA) is 99.1 Å². The predicted molar refractivity (Wildman–Crippen MR) is 144 cm³/mol. The molecule has 1 heterocycles. The molecule has 1 atom stereocenters. The fraction of sp³-hybridized carbons (Fsp3) is 0.533. The minimum absolute atomic E-state index is 0.0601. The Morgan fingerprint density at radius 1 is 1.11 bits per heavy atom. The number of nitrogens with one attached hydrogen (secondary N) is 1. The van der Waals surface area contributed by atoms with Crippen molar-refractivity contribution in [3.8, 4) is 0 Å². The molecule has 204 valence electrons. The van der Waals surface area contributed by atoms with Gasteiger partial charge in [0.2, 0.25) is 0 Å². The number of aliphatic imine (C=N–C) groups is 1. The summed E-state index contributed by atoms with van der Waals surface area (Å²) in [6.07, 6.45) is 8.82. The number of hydrogen-bond acceptors (Lipinski definition) is 4.